The highest BCUT2D eigenvalue weighted by Gasteiger charge is 2.50. The lowest BCUT2D eigenvalue weighted by Crippen LogP contribution is -2.33. The Morgan fingerprint density at radius 1 is 1.33 bits per heavy atom. The average Bonchev–Trinajstić information content (AvgIpc) is 2.64. The van der Waals surface area contributed by atoms with E-state index in [0.717, 1.165) is 12.0 Å². The Morgan fingerprint density at radius 2 is 2.10 bits per heavy atom. The molecule has 0 unspecified atom stereocenters. The Morgan fingerprint density at radius 3 is 2.81 bits per heavy atom. The number of pyridine rings is 1. The van der Waals surface area contributed by atoms with Gasteiger partial charge in [0.05, 0.1) is 18.4 Å². The summed E-state index contributed by atoms with van der Waals surface area (Å²) < 4.78 is 1.93. The minimum atomic E-state index is -0.168. The summed E-state index contributed by atoms with van der Waals surface area (Å²) in [5.41, 5.74) is 2.20. The van der Waals surface area contributed by atoms with Crippen LogP contribution in [0.2, 0.25) is 0 Å². The van der Waals surface area contributed by atoms with Gasteiger partial charge in [-0.05, 0) is 25.3 Å². The molecule has 21 heavy (non-hydrogen) atoms. The SMILES string of the molecule is CC1=C[C@H](C)[C@H]2C(=O)N(Cc3ccc[n+](C)c3)C(=O)[C@H]2C1. The number of aromatic nitrogens is 1. The summed E-state index contributed by atoms with van der Waals surface area (Å²) in [6, 6.07) is 3.89. The number of hydrogen-bond acceptors (Lipinski definition) is 2. The highest BCUT2D eigenvalue weighted by Crippen LogP contribution is 2.41. The lowest BCUT2D eigenvalue weighted by molar-refractivity contribution is -0.672. The monoisotopic (exact) mass is 285 g/mol. The molecule has 110 valence electrons. The van der Waals surface area contributed by atoms with Crippen molar-refractivity contribution in [1.82, 2.24) is 4.90 Å². The van der Waals surface area contributed by atoms with Gasteiger partial charge in [-0.25, -0.2) is 4.57 Å². The zero-order valence-corrected chi connectivity index (χ0v) is 12.7. The zero-order valence-electron chi connectivity index (χ0n) is 12.7. The summed E-state index contributed by atoms with van der Waals surface area (Å²) >= 11 is 0. The highest BCUT2D eigenvalue weighted by molar-refractivity contribution is 6.05. The number of nitrogens with zero attached hydrogens (tertiary/aromatic N) is 2. The third-order valence-electron chi connectivity index (χ3n) is 4.57. The molecule has 4 heteroatoms. The van der Waals surface area contributed by atoms with E-state index in [-0.39, 0.29) is 29.6 Å². The van der Waals surface area contributed by atoms with E-state index in [1.54, 1.807) is 0 Å². The quantitative estimate of drug-likeness (QED) is 0.470. The van der Waals surface area contributed by atoms with Crippen LogP contribution in [0.25, 0.3) is 0 Å². The van der Waals surface area contributed by atoms with Crippen LogP contribution < -0.4 is 4.57 Å². The van der Waals surface area contributed by atoms with Crippen LogP contribution in [0, 0.1) is 17.8 Å². The molecule has 0 N–H and O–H groups in total. The fraction of sp³-hybridized carbons (Fsp3) is 0.471. The Labute approximate surface area is 125 Å². The zero-order chi connectivity index (χ0) is 15.1. The molecule has 4 nitrogen and oxygen atoms in total. The van der Waals surface area contributed by atoms with E-state index >= 15 is 0 Å². The average molecular weight is 285 g/mol. The van der Waals surface area contributed by atoms with Gasteiger partial charge in [0.25, 0.3) is 0 Å². The van der Waals surface area contributed by atoms with Crippen molar-refractivity contribution in [3.63, 3.8) is 0 Å². The van der Waals surface area contributed by atoms with Gasteiger partial charge in [-0.15, -0.1) is 0 Å². The summed E-state index contributed by atoms with van der Waals surface area (Å²) in [6.07, 6.45) is 6.75. The van der Waals surface area contributed by atoms with Crippen molar-refractivity contribution in [2.45, 2.75) is 26.8 Å². The molecule has 0 radical (unpaired) electrons. The maximum Gasteiger partial charge on any atom is 0.234 e. The van der Waals surface area contributed by atoms with Gasteiger partial charge in [-0.2, -0.15) is 0 Å². The maximum atomic E-state index is 12.6. The van der Waals surface area contributed by atoms with E-state index in [2.05, 4.69) is 6.08 Å². The molecule has 1 saturated heterocycles. The first-order chi connectivity index (χ1) is 9.97. The van der Waals surface area contributed by atoms with Gasteiger partial charge >= 0.3 is 0 Å². The van der Waals surface area contributed by atoms with E-state index in [0.29, 0.717) is 6.54 Å². The number of fused-ring (bicyclic) bond motifs is 1. The van der Waals surface area contributed by atoms with Gasteiger partial charge < -0.3 is 0 Å². The Hall–Kier alpha value is -1.97. The summed E-state index contributed by atoms with van der Waals surface area (Å²) in [6.45, 7) is 4.47. The summed E-state index contributed by atoms with van der Waals surface area (Å²) in [5, 5.41) is 0. The van der Waals surface area contributed by atoms with Gasteiger partial charge in [0, 0.05) is 11.6 Å². The first kappa shape index (κ1) is 14.0. The first-order valence-electron chi connectivity index (χ1n) is 7.44. The molecule has 1 aliphatic carbocycles. The molecule has 1 aromatic heterocycles. The Bertz CT molecular complexity index is 635. The molecule has 2 amide bonds. The minimum Gasteiger partial charge on any atom is -0.277 e. The molecule has 2 aliphatic rings. The summed E-state index contributed by atoms with van der Waals surface area (Å²) in [7, 11) is 1.94. The third kappa shape index (κ3) is 2.39. The van der Waals surface area contributed by atoms with E-state index in [9.17, 15) is 9.59 Å². The van der Waals surface area contributed by atoms with E-state index in [4.69, 9.17) is 0 Å². The highest BCUT2D eigenvalue weighted by atomic mass is 16.2. The van der Waals surface area contributed by atoms with E-state index in [1.807, 2.05) is 50.0 Å². The smallest absolute Gasteiger partial charge is 0.234 e. The van der Waals surface area contributed by atoms with Crippen molar-refractivity contribution in [2.75, 3.05) is 0 Å². The molecule has 0 aromatic carbocycles. The molecule has 1 aliphatic heterocycles. The van der Waals surface area contributed by atoms with Crippen LogP contribution in [0.4, 0.5) is 0 Å². The topological polar surface area (TPSA) is 41.3 Å². The number of aryl methyl sites for hydroxylation is 1. The summed E-state index contributed by atoms with van der Waals surface area (Å²) in [5.74, 6) is -0.186. The predicted molar refractivity (Wildman–Crippen MR) is 77.7 cm³/mol. The molecular formula is C17H21N2O2+. The van der Waals surface area contributed by atoms with Crippen molar-refractivity contribution >= 4 is 11.8 Å². The second-order valence-electron chi connectivity index (χ2n) is 6.35. The number of imide groups is 1. The van der Waals surface area contributed by atoms with Crippen LogP contribution >= 0.6 is 0 Å². The molecular weight excluding hydrogens is 264 g/mol. The standard InChI is InChI=1S/C17H21N2O2/c1-11-7-12(2)15-14(8-11)16(20)19(17(15)21)10-13-5-4-6-18(3)9-13/h4-7,9,12,14-15H,8,10H2,1-3H3/q+1/t12-,14-,15+/m0/s1. The second-order valence-corrected chi connectivity index (χ2v) is 6.35. The van der Waals surface area contributed by atoms with E-state index in [1.165, 1.54) is 10.5 Å². The number of rotatable bonds is 2. The van der Waals surface area contributed by atoms with Crippen LogP contribution in [0.15, 0.2) is 36.2 Å². The van der Waals surface area contributed by atoms with Crippen molar-refractivity contribution in [3.8, 4) is 0 Å². The predicted octanol–water partition coefficient (Wildman–Crippen LogP) is 1.60. The third-order valence-corrected chi connectivity index (χ3v) is 4.57. The Kier molecular flexibility index (Phi) is 3.40. The van der Waals surface area contributed by atoms with Crippen LogP contribution in [-0.2, 0) is 23.2 Å². The fourth-order valence-corrected chi connectivity index (χ4v) is 3.67. The number of likely N-dealkylation sites (tertiary alicyclic amines) is 1. The number of allylic oxidation sites excluding steroid dienone is 2. The lowest BCUT2D eigenvalue weighted by Gasteiger charge is -2.25. The molecule has 3 atom stereocenters. The number of amides is 2. The van der Waals surface area contributed by atoms with Crippen LogP contribution in [-0.4, -0.2) is 16.7 Å². The molecule has 1 fully saturated rings. The number of carbonyl (C=O) groups is 2. The van der Waals surface area contributed by atoms with Gasteiger partial charge in [-0.3, -0.25) is 14.5 Å². The lowest BCUT2D eigenvalue weighted by atomic mass is 9.76. The van der Waals surface area contributed by atoms with Gasteiger partial charge in [0.1, 0.15) is 7.05 Å². The Balaban J connectivity index is 1.86. The number of carbonyl (C=O) groups excluding carboxylic acids is 2. The van der Waals surface area contributed by atoms with Crippen molar-refractivity contribution in [2.24, 2.45) is 24.8 Å². The normalized spacial score (nSPS) is 28.6. The van der Waals surface area contributed by atoms with E-state index < -0.39 is 0 Å². The number of hydrogen-bond donors (Lipinski definition) is 0. The van der Waals surface area contributed by atoms with Crippen LogP contribution in [0.1, 0.15) is 25.8 Å². The fourth-order valence-electron chi connectivity index (χ4n) is 3.67. The molecule has 0 saturated carbocycles. The van der Waals surface area contributed by atoms with Crippen LogP contribution in [0.3, 0.4) is 0 Å². The van der Waals surface area contributed by atoms with Crippen LogP contribution in [0.5, 0.6) is 0 Å². The van der Waals surface area contributed by atoms with Gasteiger partial charge in [0.15, 0.2) is 12.4 Å². The van der Waals surface area contributed by atoms with Crippen molar-refractivity contribution in [3.05, 3.63) is 41.7 Å². The van der Waals surface area contributed by atoms with Crippen molar-refractivity contribution < 1.29 is 14.2 Å². The molecule has 1 aromatic rings. The molecule has 0 spiro atoms. The molecule has 0 bridgehead atoms. The van der Waals surface area contributed by atoms with Crippen molar-refractivity contribution in [1.29, 1.82) is 0 Å². The minimum absolute atomic E-state index is 0.00388. The van der Waals surface area contributed by atoms with Gasteiger partial charge in [-0.1, -0.05) is 18.6 Å². The maximum absolute atomic E-state index is 12.6. The van der Waals surface area contributed by atoms with Gasteiger partial charge in [0.2, 0.25) is 11.8 Å². The second kappa shape index (κ2) is 5.10. The largest absolute Gasteiger partial charge is 0.277 e. The summed E-state index contributed by atoms with van der Waals surface area (Å²) in [4.78, 5) is 26.7. The molecule has 2 heterocycles. The first-order valence-corrected chi connectivity index (χ1v) is 7.44. The molecule has 3 rings (SSSR count).